The van der Waals surface area contributed by atoms with Gasteiger partial charge in [-0.2, -0.15) is 22.8 Å². The number of fused-ring (bicyclic) bond motifs is 1. The summed E-state index contributed by atoms with van der Waals surface area (Å²) in [4.78, 5) is 0.191. The van der Waals surface area contributed by atoms with Gasteiger partial charge in [0.15, 0.2) is 0 Å². The minimum Gasteiger partial charge on any atom is -0.316 e. The Hall–Kier alpha value is -1.22. The van der Waals surface area contributed by atoms with Gasteiger partial charge < -0.3 is 5.32 Å². The third-order valence-corrected chi connectivity index (χ3v) is 4.13. The zero-order chi connectivity index (χ0) is 12.9. The molecule has 1 aliphatic heterocycles. The van der Waals surface area contributed by atoms with Crippen molar-refractivity contribution in [1.82, 2.24) is 25.1 Å². The van der Waals surface area contributed by atoms with E-state index in [9.17, 15) is 13.2 Å². The molecule has 2 unspecified atom stereocenters. The van der Waals surface area contributed by atoms with Crippen LogP contribution >= 0.6 is 11.3 Å². The van der Waals surface area contributed by atoms with Crippen LogP contribution in [0.5, 0.6) is 0 Å². The lowest BCUT2D eigenvalue weighted by atomic mass is 9.99. The van der Waals surface area contributed by atoms with Gasteiger partial charge in [-0.1, -0.05) is 18.3 Å². The third kappa shape index (κ3) is 1.77. The largest absolute Gasteiger partial charge is 0.453 e. The van der Waals surface area contributed by atoms with Gasteiger partial charge in [0.2, 0.25) is 4.96 Å². The highest BCUT2D eigenvalue weighted by Gasteiger charge is 2.39. The quantitative estimate of drug-likeness (QED) is 0.859. The molecule has 1 fully saturated rings. The van der Waals surface area contributed by atoms with Crippen LogP contribution in [0.2, 0.25) is 0 Å². The van der Waals surface area contributed by atoms with Gasteiger partial charge in [0, 0.05) is 12.5 Å². The monoisotopic (exact) mass is 277 g/mol. The molecule has 0 amide bonds. The summed E-state index contributed by atoms with van der Waals surface area (Å²) in [6.07, 6.45) is -4.52. The molecule has 1 aliphatic rings. The van der Waals surface area contributed by atoms with E-state index in [1.807, 2.05) is 0 Å². The minimum absolute atomic E-state index is 0.151. The molecular formula is C9H10F3N5S. The number of alkyl halides is 3. The number of aromatic nitrogens is 4. The Morgan fingerprint density at radius 2 is 2.11 bits per heavy atom. The first-order valence-electron chi connectivity index (χ1n) is 5.47. The summed E-state index contributed by atoms with van der Waals surface area (Å²) in [5.74, 6) is -0.542. The summed E-state index contributed by atoms with van der Waals surface area (Å²) in [7, 11) is 0. The van der Waals surface area contributed by atoms with Gasteiger partial charge in [-0.15, -0.1) is 10.2 Å². The van der Waals surface area contributed by atoms with Crippen LogP contribution < -0.4 is 5.32 Å². The summed E-state index contributed by atoms with van der Waals surface area (Å²) >= 11 is 1.17. The van der Waals surface area contributed by atoms with Crippen molar-refractivity contribution >= 4 is 16.3 Å². The highest BCUT2D eigenvalue weighted by atomic mass is 32.1. The fraction of sp³-hybridized carbons (Fsp3) is 0.667. The summed E-state index contributed by atoms with van der Waals surface area (Å²) in [5.41, 5.74) is 0. The second-order valence-electron chi connectivity index (χ2n) is 4.40. The van der Waals surface area contributed by atoms with Crippen molar-refractivity contribution in [2.24, 2.45) is 5.92 Å². The average molecular weight is 277 g/mol. The van der Waals surface area contributed by atoms with Gasteiger partial charge in [0.05, 0.1) is 0 Å². The Morgan fingerprint density at radius 3 is 2.72 bits per heavy atom. The fourth-order valence-electron chi connectivity index (χ4n) is 2.10. The van der Waals surface area contributed by atoms with Crippen molar-refractivity contribution in [2.75, 3.05) is 13.1 Å². The van der Waals surface area contributed by atoms with E-state index in [4.69, 9.17) is 0 Å². The topological polar surface area (TPSA) is 55.1 Å². The van der Waals surface area contributed by atoms with Crippen LogP contribution in [0.3, 0.4) is 0 Å². The standard InChI is InChI=1S/C9H10F3N5S/c1-4-2-13-3-5(4)6-16-17-7(9(10,11)12)14-15-8(17)18-6/h4-5,13H,2-3H2,1H3. The van der Waals surface area contributed by atoms with Gasteiger partial charge >= 0.3 is 6.18 Å². The maximum Gasteiger partial charge on any atom is 0.453 e. The van der Waals surface area contributed by atoms with Crippen molar-refractivity contribution in [3.05, 3.63) is 10.8 Å². The van der Waals surface area contributed by atoms with E-state index in [1.165, 1.54) is 11.3 Å². The van der Waals surface area contributed by atoms with Gasteiger partial charge in [-0.3, -0.25) is 0 Å². The summed E-state index contributed by atoms with van der Waals surface area (Å²) in [6.45, 7) is 3.65. The first-order valence-corrected chi connectivity index (χ1v) is 6.28. The van der Waals surface area contributed by atoms with Gasteiger partial charge in [0.1, 0.15) is 5.01 Å². The smallest absolute Gasteiger partial charge is 0.316 e. The van der Waals surface area contributed by atoms with Crippen LogP contribution in [-0.2, 0) is 6.18 Å². The number of hydrogen-bond acceptors (Lipinski definition) is 5. The molecule has 9 heteroatoms. The second kappa shape index (κ2) is 3.89. The second-order valence-corrected chi connectivity index (χ2v) is 5.39. The van der Waals surface area contributed by atoms with Crippen LogP contribution in [-0.4, -0.2) is 32.9 Å². The molecule has 3 rings (SSSR count). The van der Waals surface area contributed by atoms with E-state index in [0.29, 0.717) is 10.9 Å². The first-order chi connectivity index (χ1) is 8.47. The molecule has 2 aromatic rings. The summed E-state index contributed by atoms with van der Waals surface area (Å²) < 4.78 is 38.7. The molecule has 0 radical (unpaired) electrons. The Morgan fingerprint density at radius 1 is 1.33 bits per heavy atom. The van der Waals surface area contributed by atoms with E-state index in [2.05, 4.69) is 27.5 Å². The van der Waals surface area contributed by atoms with Gasteiger partial charge in [-0.05, 0) is 12.5 Å². The van der Waals surface area contributed by atoms with Crippen molar-refractivity contribution in [2.45, 2.75) is 19.0 Å². The molecule has 3 heterocycles. The molecule has 0 spiro atoms. The van der Waals surface area contributed by atoms with Crippen molar-refractivity contribution in [3.63, 3.8) is 0 Å². The van der Waals surface area contributed by atoms with Gasteiger partial charge in [-0.25, -0.2) is 0 Å². The number of halogens is 3. The molecule has 5 nitrogen and oxygen atoms in total. The van der Waals surface area contributed by atoms with Crippen LogP contribution in [0, 0.1) is 5.92 Å². The molecule has 98 valence electrons. The lowest BCUT2D eigenvalue weighted by Crippen LogP contribution is -2.13. The molecule has 2 atom stereocenters. The Balaban J connectivity index is 2.04. The fourth-order valence-corrected chi connectivity index (χ4v) is 3.17. The highest BCUT2D eigenvalue weighted by Crippen LogP contribution is 2.33. The zero-order valence-corrected chi connectivity index (χ0v) is 10.2. The van der Waals surface area contributed by atoms with Crippen LogP contribution in [0.25, 0.3) is 4.96 Å². The Bertz CT molecular complexity index is 574. The molecule has 2 aromatic heterocycles. The van der Waals surface area contributed by atoms with Crippen LogP contribution in [0.4, 0.5) is 13.2 Å². The Labute approximate surface area is 104 Å². The normalized spacial score (nSPS) is 25.1. The SMILES string of the molecule is CC1CNCC1c1nn2c(C(F)(F)F)nnc2s1. The molecular weight excluding hydrogens is 267 g/mol. The number of hydrogen-bond donors (Lipinski definition) is 1. The van der Waals surface area contributed by atoms with Gasteiger partial charge in [0.25, 0.3) is 5.82 Å². The highest BCUT2D eigenvalue weighted by molar-refractivity contribution is 7.16. The molecule has 0 aliphatic carbocycles. The molecule has 0 aromatic carbocycles. The lowest BCUT2D eigenvalue weighted by Gasteiger charge is -2.09. The minimum atomic E-state index is -4.52. The van der Waals surface area contributed by atoms with E-state index < -0.39 is 12.0 Å². The third-order valence-electron chi connectivity index (χ3n) is 3.09. The van der Waals surface area contributed by atoms with Crippen LogP contribution in [0.15, 0.2) is 0 Å². The number of rotatable bonds is 1. The molecule has 1 N–H and O–H groups in total. The number of nitrogens with one attached hydrogen (secondary N) is 1. The van der Waals surface area contributed by atoms with Crippen molar-refractivity contribution in [1.29, 1.82) is 0 Å². The van der Waals surface area contributed by atoms with E-state index in [0.717, 1.165) is 17.6 Å². The van der Waals surface area contributed by atoms with E-state index >= 15 is 0 Å². The molecule has 18 heavy (non-hydrogen) atoms. The number of nitrogens with zero attached hydrogens (tertiary/aromatic N) is 4. The Kier molecular flexibility index (Phi) is 2.56. The molecule has 1 saturated heterocycles. The van der Waals surface area contributed by atoms with Crippen molar-refractivity contribution in [3.8, 4) is 0 Å². The lowest BCUT2D eigenvalue weighted by molar-refractivity contribution is -0.146. The maximum atomic E-state index is 12.6. The molecule has 0 bridgehead atoms. The summed E-state index contributed by atoms with van der Waals surface area (Å²) in [5, 5.41) is 14.6. The van der Waals surface area contributed by atoms with Crippen molar-refractivity contribution < 1.29 is 13.2 Å². The first kappa shape index (κ1) is 11.8. The van der Waals surface area contributed by atoms with Crippen LogP contribution in [0.1, 0.15) is 23.7 Å². The van der Waals surface area contributed by atoms with E-state index in [1.54, 1.807) is 0 Å². The zero-order valence-electron chi connectivity index (χ0n) is 9.40. The molecule has 0 saturated carbocycles. The predicted octanol–water partition coefficient (Wildman–Crippen LogP) is 1.53. The predicted molar refractivity (Wildman–Crippen MR) is 58.4 cm³/mol. The average Bonchev–Trinajstić information content (AvgIpc) is 2.87. The maximum absolute atomic E-state index is 12.6. The van der Waals surface area contributed by atoms with E-state index in [-0.39, 0.29) is 10.9 Å². The summed E-state index contributed by atoms with van der Waals surface area (Å²) in [6, 6.07) is 0.